The molecule has 3 heterocycles. The first kappa shape index (κ1) is 24.5. The number of aryl methyl sites for hydroxylation is 2. The van der Waals surface area contributed by atoms with Gasteiger partial charge in [0.05, 0.1) is 21.8 Å². The molecule has 10 heteroatoms. The lowest BCUT2D eigenvalue weighted by atomic mass is 10.0. The van der Waals surface area contributed by atoms with E-state index in [4.69, 9.17) is 24.4 Å². The van der Waals surface area contributed by atoms with Gasteiger partial charge in [0.1, 0.15) is 17.1 Å². The Morgan fingerprint density at radius 2 is 2.03 bits per heavy atom. The van der Waals surface area contributed by atoms with E-state index in [-0.39, 0.29) is 19.3 Å². The second-order valence-electron chi connectivity index (χ2n) is 9.02. The molecular weight excluding hydrogens is 478 g/mol. The van der Waals surface area contributed by atoms with Crippen LogP contribution in [0.15, 0.2) is 24.3 Å². The van der Waals surface area contributed by atoms with Gasteiger partial charge < -0.3 is 30.3 Å². The van der Waals surface area contributed by atoms with Crippen molar-refractivity contribution in [3.05, 3.63) is 46.1 Å². The van der Waals surface area contributed by atoms with E-state index in [2.05, 4.69) is 22.8 Å². The fourth-order valence-corrected chi connectivity index (χ4v) is 5.48. The molecule has 3 aromatic rings. The van der Waals surface area contributed by atoms with Gasteiger partial charge in [0, 0.05) is 13.2 Å². The van der Waals surface area contributed by atoms with Crippen LogP contribution in [-0.4, -0.2) is 44.8 Å². The van der Waals surface area contributed by atoms with Crippen molar-refractivity contribution in [2.45, 2.75) is 52.3 Å². The van der Waals surface area contributed by atoms with Gasteiger partial charge in [0.2, 0.25) is 12.7 Å². The van der Waals surface area contributed by atoms with Crippen LogP contribution in [0.3, 0.4) is 0 Å². The van der Waals surface area contributed by atoms with E-state index in [1.807, 2.05) is 32.0 Å². The third-order valence-electron chi connectivity index (χ3n) is 6.43. The molecular formula is C26H31N5O4S. The topological polar surface area (TPSA) is 122 Å². The largest absolute Gasteiger partial charge is 0.454 e. The normalized spacial score (nSPS) is 15.4. The lowest BCUT2D eigenvalue weighted by Crippen LogP contribution is -2.25. The molecule has 5 rings (SSSR count). The van der Waals surface area contributed by atoms with E-state index in [9.17, 15) is 10.2 Å². The summed E-state index contributed by atoms with van der Waals surface area (Å²) in [6.45, 7) is 4.69. The monoisotopic (exact) mass is 509 g/mol. The van der Waals surface area contributed by atoms with Crippen LogP contribution < -0.4 is 20.1 Å². The molecule has 9 nitrogen and oxygen atoms in total. The molecule has 1 aromatic carbocycles. The van der Waals surface area contributed by atoms with Crippen molar-refractivity contribution in [2.24, 2.45) is 5.92 Å². The number of aromatic nitrogens is 3. The molecule has 0 spiro atoms. The molecule has 2 aliphatic rings. The minimum absolute atomic E-state index is 0.000184. The number of ether oxygens (including phenoxy) is 2. The molecule has 1 aliphatic heterocycles. The van der Waals surface area contributed by atoms with Crippen molar-refractivity contribution in [1.82, 2.24) is 15.0 Å². The molecule has 0 saturated carbocycles. The maximum atomic E-state index is 10.8. The lowest BCUT2D eigenvalue weighted by Gasteiger charge is -2.21. The Morgan fingerprint density at radius 3 is 2.83 bits per heavy atom. The van der Waals surface area contributed by atoms with Gasteiger partial charge in [-0.05, 0) is 55.9 Å². The van der Waals surface area contributed by atoms with Crippen LogP contribution in [0, 0.1) is 12.8 Å². The highest BCUT2D eigenvalue weighted by Gasteiger charge is 2.22. The molecule has 4 N–H and O–H groups in total. The average Bonchev–Trinajstić information content (AvgIpc) is 3.52. The third-order valence-corrected chi connectivity index (χ3v) is 7.51. The summed E-state index contributed by atoms with van der Waals surface area (Å²) in [5, 5.41) is 27.7. The van der Waals surface area contributed by atoms with Crippen LogP contribution in [-0.2, 0) is 13.0 Å². The van der Waals surface area contributed by atoms with Gasteiger partial charge in [-0.15, -0.1) is 11.3 Å². The summed E-state index contributed by atoms with van der Waals surface area (Å²) in [6.07, 6.45) is 6.50. The van der Waals surface area contributed by atoms with Crippen molar-refractivity contribution in [2.75, 3.05) is 24.0 Å². The summed E-state index contributed by atoms with van der Waals surface area (Å²) < 4.78 is 10.9. The number of nitrogens with zero attached hydrogens (tertiary/aromatic N) is 3. The Balaban J connectivity index is 1.42. The summed E-state index contributed by atoms with van der Waals surface area (Å²) in [4.78, 5) is 15.5. The van der Waals surface area contributed by atoms with Gasteiger partial charge in [0.25, 0.3) is 0 Å². The first-order valence-corrected chi connectivity index (χ1v) is 13.1. The van der Waals surface area contributed by atoms with Crippen molar-refractivity contribution in [1.29, 1.82) is 0 Å². The second-order valence-corrected chi connectivity index (χ2v) is 10.1. The van der Waals surface area contributed by atoms with Crippen LogP contribution in [0.5, 0.6) is 11.5 Å². The molecule has 2 atom stereocenters. The van der Waals surface area contributed by atoms with E-state index in [0.29, 0.717) is 24.7 Å². The van der Waals surface area contributed by atoms with Crippen LogP contribution in [0.1, 0.15) is 48.0 Å². The van der Waals surface area contributed by atoms with Gasteiger partial charge in [-0.3, -0.25) is 0 Å². The highest BCUT2D eigenvalue weighted by molar-refractivity contribution is 7.16. The molecule has 0 saturated heterocycles. The van der Waals surface area contributed by atoms with E-state index in [1.54, 1.807) is 11.3 Å². The molecule has 190 valence electrons. The number of nitrogens with one attached hydrogen (secondary N) is 2. The number of aliphatic hydroxyl groups is 2. The van der Waals surface area contributed by atoms with Crippen LogP contribution in [0.4, 0.5) is 11.8 Å². The maximum Gasteiger partial charge on any atom is 0.231 e. The minimum atomic E-state index is -0.869. The molecule has 2 aromatic heterocycles. The zero-order chi connectivity index (χ0) is 25.1. The highest BCUT2D eigenvalue weighted by Crippen LogP contribution is 2.38. The number of thiazole rings is 1. The van der Waals surface area contributed by atoms with E-state index in [1.165, 1.54) is 0 Å². The Labute approximate surface area is 214 Å². The van der Waals surface area contributed by atoms with Crippen LogP contribution >= 0.6 is 11.3 Å². The summed E-state index contributed by atoms with van der Waals surface area (Å²) in [5.41, 5.74) is 3.64. The first-order valence-electron chi connectivity index (χ1n) is 12.3. The molecule has 0 unspecified atom stereocenters. The number of benzene rings is 1. The van der Waals surface area contributed by atoms with Crippen molar-refractivity contribution in [3.8, 4) is 22.1 Å². The highest BCUT2D eigenvalue weighted by atomic mass is 32.1. The molecule has 0 fully saturated rings. The summed E-state index contributed by atoms with van der Waals surface area (Å²) in [6, 6.07) is 5.80. The molecule has 1 aliphatic carbocycles. The maximum absolute atomic E-state index is 10.8. The predicted molar refractivity (Wildman–Crippen MR) is 140 cm³/mol. The van der Waals surface area contributed by atoms with Crippen LogP contribution in [0.25, 0.3) is 16.6 Å². The SMILES string of the molecule is CC[C@H](CO)C[C@@H](O)Nc1nc(NCc2ccc3c(c2)OCO3)nc(C)c1-c1nc2c(s1)C=CCC2. The van der Waals surface area contributed by atoms with Crippen molar-refractivity contribution >= 4 is 29.2 Å². The Morgan fingerprint density at radius 1 is 1.17 bits per heavy atom. The second kappa shape index (κ2) is 10.8. The fraction of sp³-hybridized carbons (Fsp3) is 0.423. The average molecular weight is 510 g/mol. The van der Waals surface area contributed by atoms with Crippen molar-refractivity contribution < 1.29 is 19.7 Å². The van der Waals surface area contributed by atoms with Gasteiger partial charge in [-0.25, -0.2) is 9.97 Å². The minimum Gasteiger partial charge on any atom is -0.454 e. The molecule has 0 bridgehead atoms. The number of allylic oxidation sites excluding steroid dienone is 1. The van der Waals surface area contributed by atoms with Gasteiger partial charge >= 0.3 is 0 Å². The van der Waals surface area contributed by atoms with Crippen molar-refractivity contribution in [3.63, 3.8) is 0 Å². The number of anilines is 2. The number of hydrogen-bond donors (Lipinski definition) is 4. The zero-order valence-electron chi connectivity index (χ0n) is 20.5. The van der Waals surface area contributed by atoms with E-state index >= 15 is 0 Å². The zero-order valence-corrected chi connectivity index (χ0v) is 21.3. The fourth-order valence-electron chi connectivity index (χ4n) is 4.34. The first-order chi connectivity index (χ1) is 17.5. The smallest absolute Gasteiger partial charge is 0.231 e. The van der Waals surface area contributed by atoms with Gasteiger partial charge in [0.15, 0.2) is 11.5 Å². The Bertz CT molecular complexity index is 1260. The summed E-state index contributed by atoms with van der Waals surface area (Å²) >= 11 is 1.61. The molecule has 0 amide bonds. The summed E-state index contributed by atoms with van der Waals surface area (Å²) in [5.74, 6) is 2.43. The Kier molecular flexibility index (Phi) is 7.35. The predicted octanol–water partition coefficient (Wildman–Crippen LogP) is 4.35. The number of hydrogen-bond acceptors (Lipinski definition) is 10. The number of aliphatic hydroxyl groups excluding tert-OH is 2. The van der Waals surface area contributed by atoms with E-state index < -0.39 is 6.23 Å². The van der Waals surface area contributed by atoms with E-state index in [0.717, 1.165) is 63.2 Å². The quantitative estimate of drug-likeness (QED) is 0.296. The number of fused-ring (bicyclic) bond motifs is 2. The Hall–Kier alpha value is -3.21. The summed E-state index contributed by atoms with van der Waals surface area (Å²) in [7, 11) is 0. The van der Waals surface area contributed by atoms with Gasteiger partial charge in [-0.1, -0.05) is 25.5 Å². The molecule has 0 radical (unpaired) electrons. The third kappa shape index (κ3) is 5.30. The molecule has 36 heavy (non-hydrogen) atoms. The van der Waals surface area contributed by atoms with Crippen LogP contribution in [0.2, 0.25) is 0 Å². The standard InChI is InChI=1S/C26H31N5O4S/c1-3-16(13-32)11-22(33)30-24-23(25-29-18-6-4-5-7-21(18)36-25)15(2)28-26(31-24)27-12-17-8-9-19-20(10-17)35-14-34-19/h5,7-10,16,22,32-33H,3-4,6,11-14H2,1-2H3,(H2,27,28,30,31)/t16-,22+/m0/s1. The number of rotatable bonds is 10. The van der Waals surface area contributed by atoms with Gasteiger partial charge in [-0.2, -0.15) is 4.98 Å². The lowest BCUT2D eigenvalue weighted by molar-refractivity contribution is 0.132.